The minimum atomic E-state index is -4.09. The molecule has 18 heavy (non-hydrogen) atoms. The molecule has 0 spiro atoms. The van der Waals surface area contributed by atoms with Gasteiger partial charge in [0.25, 0.3) is 0 Å². The van der Waals surface area contributed by atoms with Crippen LogP contribution in [-0.4, -0.2) is 18.8 Å². The van der Waals surface area contributed by atoms with E-state index >= 15 is 0 Å². The molecule has 1 rings (SSSR count). The molecule has 102 valence electrons. The Morgan fingerprint density at radius 1 is 1.22 bits per heavy atom. The summed E-state index contributed by atoms with van der Waals surface area (Å²) < 4.78 is 36.6. The number of hydrogen-bond acceptors (Lipinski definition) is 1. The van der Waals surface area contributed by atoms with Crippen LogP contribution in [0.1, 0.15) is 25.3 Å². The van der Waals surface area contributed by atoms with Crippen molar-refractivity contribution >= 4 is 11.6 Å². The van der Waals surface area contributed by atoms with Crippen LogP contribution in [0, 0.1) is 0 Å². The van der Waals surface area contributed by atoms with Gasteiger partial charge in [-0.1, -0.05) is 30.7 Å². The van der Waals surface area contributed by atoms with Crippen molar-refractivity contribution < 1.29 is 13.2 Å². The second kappa shape index (κ2) is 7.00. The van der Waals surface area contributed by atoms with Crippen molar-refractivity contribution in [1.82, 2.24) is 5.32 Å². The van der Waals surface area contributed by atoms with Crippen molar-refractivity contribution in [1.29, 1.82) is 0 Å². The molecule has 0 saturated heterocycles. The summed E-state index contributed by atoms with van der Waals surface area (Å²) in [6, 6.07) is 7.05. The minimum Gasteiger partial charge on any atom is -0.314 e. The van der Waals surface area contributed by atoms with Gasteiger partial charge in [0, 0.05) is 17.5 Å². The number of halogens is 4. The molecule has 0 radical (unpaired) electrons. The standard InChI is InChI=1S/C13H17ClF3N/c1-2-18-12(7-8-13(15,16)17)9-10-3-5-11(14)6-4-10/h3-6,12,18H,2,7-9H2,1H3. The smallest absolute Gasteiger partial charge is 0.314 e. The summed E-state index contributed by atoms with van der Waals surface area (Å²) in [5, 5.41) is 3.72. The van der Waals surface area contributed by atoms with Crippen molar-refractivity contribution in [3.63, 3.8) is 0 Å². The number of benzene rings is 1. The van der Waals surface area contributed by atoms with Gasteiger partial charge in [0.05, 0.1) is 0 Å². The minimum absolute atomic E-state index is 0.0972. The molecular formula is C13H17ClF3N. The van der Waals surface area contributed by atoms with Crippen LogP contribution in [0.2, 0.25) is 5.02 Å². The number of nitrogens with one attached hydrogen (secondary N) is 1. The first-order chi connectivity index (χ1) is 8.40. The highest BCUT2D eigenvalue weighted by atomic mass is 35.5. The maximum Gasteiger partial charge on any atom is 0.389 e. The van der Waals surface area contributed by atoms with Gasteiger partial charge in [-0.2, -0.15) is 13.2 Å². The molecule has 5 heteroatoms. The topological polar surface area (TPSA) is 12.0 Å². The Morgan fingerprint density at radius 2 is 1.83 bits per heavy atom. The molecule has 0 heterocycles. The number of rotatable bonds is 6. The highest BCUT2D eigenvalue weighted by Crippen LogP contribution is 2.23. The van der Waals surface area contributed by atoms with Crippen LogP contribution in [0.4, 0.5) is 13.2 Å². The van der Waals surface area contributed by atoms with Gasteiger partial charge in [0.15, 0.2) is 0 Å². The van der Waals surface area contributed by atoms with E-state index in [1.54, 1.807) is 12.1 Å². The van der Waals surface area contributed by atoms with E-state index in [1.807, 2.05) is 19.1 Å². The lowest BCUT2D eigenvalue weighted by Crippen LogP contribution is -2.32. The molecule has 1 N–H and O–H groups in total. The highest BCUT2D eigenvalue weighted by molar-refractivity contribution is 6.30. The molecule has 0 aliphatic rings. The molecule has 0 fully saturated rings. The molecule has 1 atom stereocenters. The summed E-state index contributed by atoms with van der Waals surface area (Å²) >= 11 is 5.77. The first-order valence-electron chi connectivity index (χ1n) is 5.95. The van der Waals surface area contributed by atoms with E-state index in [0.717, 1.165) is 5.56 Å². The van der Waals surface area contributed by atoms with E-state index in [0.29, 0.717) is 18.0 Å². The van der Waals surface area contributed by atoms with Gasteiger partial charge in [-0.15, -0.1) is 0 Å². The van der Waals surface area contributed by atoms with Gasteiger partial charge in [0.1, 0.15) is 0 Å². The van der Waals surface area contributed by atoms with Crippen molar-refractivity contribution in [2.45, 2.75) is 38.4 Å². The molecule has 1 aromatic rings. The van der Waals surface area contributed by atoms with Crippen LogP contribution >= 0.6 is 11.6 Å². The maximum absolute atomic E-state index is 12.2. The molecular weight excluding hydrogens is 263 g/mol. The van der Waals surface area contributed by atoms with E-state index in [1.165, 1.54) is 0 Å². The van der Waals surface area contributed by atoms with Crippen LogP contribution in [0.25, 0.3) is 0 Å². The lowest BCUT2D eigenvalue weighted by Gasteiger charge is -2.19. The molecule has 0 amide bonds. The molecule has 0 saturated carbocycles. The van der Waals surface area contributed by atoms with Gasteiger partial charge in [-0.05, 0) is 37.1 Å². The second-order valence-corrected chi connectivity index (χ2v) is 4.68. The van der Waals surface area contributed by atoms with Crippen molar-refractivity contribution in [2.24, 2.45) is 0 Å². The first-order valence-corrected chi connectivity index (χ1v) is 6.33. The first kappa shape index (κ1) is 15.3. The average molecular weight is 280 g/mol. The van der Waals surface area contributed by atoms with Crippen LogP contribution in [-0.2, 0) is 6.42 Å². The second-order valence-electron chi connectivity index (χ2n) is 4.24. The van der Waals surface area contributed by atoms with Crippen molar-refractivity contribution in [3.8, 4) is 0 Å². The fourth-order valence-corrected chi connectivity index (χ4v) is 1.93. The predicted molar refractivity (Wildman–Crippen MR) is 67.9 cm³/mol. The summed E-state index contributed by atoms with van der Waals surface area (Å²) in [5.41, 5.74) is 0.993. The SMILES string of the molecule is CCNC(CCC(F)(F)F)Cc1ccc(Cl)cc1. The van der Waals surface area contributed by atoms with E-state index in [4.69, 9.17) is 11.6 Å². The summed E-state index contributed by atoms with van der Waals surface area (Å²) in [6.07, 6.45) is -4.16. The monoisotopic (exact) mass is 279 g/mol. The highest BCUT2D eigenvalue weighted by Gasteiger charge is 2.28. The fourth-order valence-electron chi connectivity index (χ4n) is 1.81. The lowest BCUT2D eigenvalue weighted by molar-refractivity contribution is -0.136. The maximum atomic E-state index is 12.2. The van der Waals surface area contributed by atoms with Gasteiger partial charge in [-0.25, -0.2) is 0 Å². The Bertz CT molecular complexity index is 348. The molecule has 1 aromatic carbocycles. The van der Waals surface area contributed by atoms with Crippen LogP contribution in [0.15, 0.2) is 24.3 Å². The predicted octanol–water partition coefficient (Wildman–Crippen LogP) is 4.20. The zero-order valence-corrected chi connectivity index (χ0v) is 11.0. The lowest BCUT2D eigenvalue weighted by atomic mass is 10.0. The fraction of sp³-hybridized carbons (Fsp3) is 0.538. The van der Waals surface area contributed by atoms with E-state index in [9.17, 15) is 13.2 Å². The largest absolute Gasteiger partial charge is 0.389 e. The molecule has 1 unspecified atom stereocenters. The Hall–Kier alpha value is -0.740. The van der Waals surface area contributed by atoms with Crippen LogP contribution in [0.3, 0.4) is 0 Å². The van der Waals surface area contributed by atoms with Crippen LogP contribution < -0.4 is 5.32 Å². The van der Waals surface area contributed by atoms with E-state index in [-0.39, 0.29) is 12.5 Å². The molecule has 0 aliphatic heterocycles. The summed E-state index contributed by atoms with van der Waals surface area (Å²) in [7, 11) is 0. The molecule has 0 aliphatic carbocycles. The van der Waals surface area contributed by atoms with Crippen LogP contribution in [0.5, 0.6) is 0 Å². The quantitative estimate of drug-likeness (QED) is 0.823. The van der Waals surface area contributed by atoms with Gasteiger partial charge >= 0.3 is 6.18 Å². The zero-order chi connectivity index (χ0) is 13.6. The average Bonchev–Trinajstić information content (AvgIpc) is 2.28. The molecule has 1 nitrogen and oxygen atoms in total. The molecule has 0 aromatic heterocycles. The number of alkyl halides is 3. The third-order valence-corrected chi connectivity index (χ3v) is 2.92. The Kier molecular flexibility index (Phi) is 5.96. The van der Waals surface area contributed by atoms with E-state index < -0.39 is 12.6 Å². The summed E-state index contributed by atoms with van der Waals surface area (Å²) in [5.74, 6) is 0. The van der Waals surface area contributed by atoms with E-state index in [2.05, 4.69) is 5.32 Å². The zero-order valence-electron chi connectivity index (χ0n) is 10.2. The van der Waals surface area contributed by atoms with Gasteiger partial charge < -0.3 is 5.32 Å². The Labute approximate surface area is 110 Å². The Morgan fingerprint density at radius 3 is 2.33 bits per heavy atom. The van der Waals surface area contributed by atoms with Crippen molar-refractivity contribution in [2.75, 3.05) is 6.54 Å². The van der Waals surface area contributed by atoms with Gasteiger partial charge in [-0.3, -0.25) is 0 Å². The number of likely N-dealkylation sites (N-methyl/N-ethyl adjacent to an activating group) is 1. The molecule has 0 bridgehead atoms. The number of hydrogen-bond donors (Lipinski definition) is 1. The summed E-state index contributed by atoms with van der Waals surface area (Å²) in [6.45, 7) is 2.55. The van der Waals surface area contributed by atoms with Gasteiger partial charge in [0.2, 0.25) is 0 Å². The summed E-state index contributed by atoms with van der Waals surface area (Å²) in [4.78, 5) is 0. The Balaban J connectivity index is 2.54. The third kappa shape index (κ3) is 6.26. The third-order valence-electron chi connectivity index (χ3n) is 2.66. The normalized spacial score (nSPS) is 13.6. The van der Waals surface area contributed by atoms with Crippen molar-refractivity contribution in [3.05, 3.63) is 34.9 Å².